The van der Waals surface area contributed by atoms with Gasteiger partial charge in [0.25, 0.3) is 11.8 Å². The molecule has 1 aliphatic rings. The van der Waals surface area contributed by atoms with Crippen LogP contribution in [0.2, 0.25) is 0 Å². The molecule has 4 aromatic rings. The second-order valence-corrected chi connectivity index (χ2v) is 10.0. The molecule has 206 valence electrons. The minimum Gasteiger partial charge on any atom is -0.452 e. The topological polar surface area (TPSA) is 109 Å². The Balaban J connectivity index is 1.23. The zero-order valence-electron chi connectivity index (χ0n) is 22.8. The average Bonchev–Trinajstić information content (AvgIpc) is 3.38. The van der Waals surface area contributed by atoms with E-state index in [2.05, 4.69) is 32.5 Å². The Labute approximate surface area is 232 Å². The number of nitrogens with one attached hydrogen (secondary N) is 2. The standard InChI is InChI=1S/C30H32N6O4/c1-20-4-9-24(32-28(37)22-7-5-21(6-8-22)19-35-14-12-34(2)13-15-35)17-26(20)29(38)33-25-16-23-10-11-36(30(39)40-3)27(23)31-18-25/h4-11,16-18H,12-15,19H2,1-3H3,(H,32,37)(H,33,38). The SMILES string of the molecule is COC(=O)n1ccc2cc(NC(=O)c3cc(NC(=O)c4ccc(CN5CCN(C)CC5)cc4)ccc3C)cnc21. The van der Waals surface area contributed by atoms with Gasteiger partial charge in [-0.1, -0.05) is 18.2 Å². The van der Waals surface area contributed by atoms with Crippen LogP contribution < -0.4 is 10.6 Å². The molecule has 2 amide bonds. The largest absolute Gasteiger partial charge is 0.452 e. The first-order valence-electron chi connectivity index (χ1n) is 13.1. The summed E-state index contributed by atoms with van der Waals surface area (Å²) in [5.74, 6) is -0.582. The summed E-state index contributed by atoms with van der Waals surface area (Å²) in [4.78, 5) is 47.0. The number of benzene rings is 2. The molecule has 3 heterocycles. The van der Waals surface area contributed by atoms with E-state index in [1.165, 1.54) is 23.4 Å². The van der Waals surface area contributed by atoms with Gasteiger partial charge in [0.05, 0.1) is 19.0 Å². The van der Waals surface area contributed by atoms with E-state index in [0.29, 0.717) is 33.5 Å². The Morgan fingerprint density at radius 2 is 1.62 bits per heavy atom. The number of hydrogen-bond donors (Lipinski definition) is 2. The first-order chi connectivity index (χ1) is 19.3. The molecule has 1 fully saturated rings. The van der Waals surface area contributed by atoms with E-state index in [1.807, 2.05) is 31.2 Å². The molecule has 2 N–H and O–H groups in total. The van der Waals surface area contributed by atoms with Crippen LogP contribution >= 0.6 is 0 Å². The van der Waals surface area contributed by atoms with E-state index < -0.39 is 6.09 Å². The summed E-state index contributed by atoms with van der Waals surface area (Å²) in [6.07, 6.45) is 2.50. The number of rotatable bonds is 6. The molecule has 1 aliphatic heterocycles. The molecular formula is C30H32N6O4. The zero-order chi connectivity index (χ0) is 28.2. The fourth-order valence-electron chi connectivity index (χ4n) is 4.71. The minimum absolute atomic E-state index is 0.244. The van der Waals surface area contributed by atoms with Crippen LogP contribution in [0, 0.1) is 6.92 Å². The maximum atomic E-state index is 13.1. The smallest absolute Gasteiger partial charge is 0.419 e. The number of hydrogen-bond acceptors (Lipinski definition) is 7. The number of carbonyl (C=O) groups excluding carboxylic acids is 3. The van der Waals surface area contributed by atoms with Gasteiger partial charge in [-0.25, -0.2) is 14.3 Å². The molecule has 0 bridgehead atoms. The fraction of sp³-hybridized carbons (Fsp3) is 0.267. The van der Waals surface area contributed by atoms with Gasteiger partial charge in [-0.2, -0.15) is 0 Å². The third-order valence-electron chi connectivity index (χ3n) is 7.11. The lowest BCUT2D eigenvalue weighted by Gasteiger charge is -2.32. The van der Waals surface area contributed by atoms with Gasteiger partial charge in [-0.15, -0.1) is 0 Å². The summed E-state index contributed by atoms with van der Waals surface area (Å²) in [5, 5.41) is 6.43. The summed E-state index contributed by atoms with van der Waals surface area (Å²) in [5.41, 5.74) is 4.33. The van der Waals surface area contributed by atoms with Gasteiger partial charge in [0.2, 0.25) is 0 Å². The van der Waals surface area contributed by atoms with Gasteiger partial charge in [0, 0.05) is 61.1 Å². The van der Waals surface area contributed by atoms with E-state index in [-0.39, 0.29) is 11.8 Å². The van der Waals surface area contributed by atoms with Crippen molar-refractivity contribution in [3.63, 3.8) is 0 Å². The number of likely N-dealkylation sites (N-methyl/N-ethyl adjacent to an activating group) is 1. The lowest BCUT2D eigenvalue weighted by Crippen LogP contribution is -2.43. The number of amides is 2. The van der Waals surface area contributed by atoms with Crippen LogP contribution in [0.4, 0.5) is 16.2 Å². The van der Waals surface area contributed by atoms with Gasteiger partial charge in [0.1, 0.15) is 5.65 Å². The zero-order valence-corrected chi connectivity index (χ0v) is 22.8. The van der Waals surface area contributed by atoms with Crippen LogP contribution in [-0.2, 0) is 11.3 Å². The summed E-state index contributed by atoms with van der Waals surface area (Å²) in [6.45, 7) is 6.90. The monoisotopic (exact) mass is 540 g/mol. The summed E-state index contributed by atoms with van der Waals surface area (Å²) in [7, 11) is 3.44. The molecule has 0 aliphatic carbocycles. The van der Waals surface area contributed by atoms with Crippen molar-refractivity contribution in [1.82, 2.24) is 19.4 Å². The van der Waals surface area contributed by atoms with Crippen LogP contribution in [-0.4, -0.2) is 77.6 Å². The van der Waals surface area contributed by atoms with E-state index in [4.69, 9.17) is 4.74 Å². The number of carbonyl (C=O) groups is 3. The summed E-state index contributed by atoms with van der Waals surface area (Å²) in [6, 6.07) is 16.3. The molecule has 10 nitrogen and oxygen atoms in total. The molecule has 40 heavy (non-hydrogen) atoms. The molecule has 2 aromatic carbocycles. The van der Waals surface area contributed by atoms with Crippen LogP contribution in [0.25, 0.3) is 11.0 Å². The van der Waals surface area contributed by atoms with Crippen molar-refractivity contribution in [2.45, 2.75) is 13.5 Å². The number of anilines is 2. The molecule has 0 radical (unpaired) electrons. The van der Waals surface area contributed by atoms with Crippen LogP contribution in [0.3, 0.4) is 0 Å². The highest BCUT2D eigenvalue weighted by atomic mass is 16.5. The van der Waals surface area contributed by atoms with Gasteiger partial charge in [-0.3, -0.25) is 14.5 Å². The molecule has 0 spiro atoms. The number of nitrogens with zero attached hydrogens (tertiary/aromatic N) is 4. The predicted molar refractivity (Wildman–Crippen MR) is 154 cm³/mol. The Hall–Kier alpha value is -4.54. The Morgan fingerprint density at radius 3 is 2.35 bits per heavy atom. The number of aromatic nitrogens is 2. The highest BCUT2D eigenvalue weighted by Gasteiger charge is 2.16. The van der Waals surface area contributed by atoms with Crippen molar-refractivity contribution in [2.24, 2.45) is 0 Å². The van der Waals surface area contributed by atoms with Crippen molar-refractivity contribution in [3.05, 3.63) is 89.2 Å². The molecule has 0 saturated carbocycles. The second-order valence-electron chi connectivity index (χ2n) is 10.0. The lowest BCUT2D eigenvalue weighted by molar-refractivity contribution is 0.101. The molecule has 5 rings (SSSR count). The predicted octanol–water partition coefficient (Wildman–Crippen LogP) is 4.21. The average molecular weight is 541 g/mol. The fourth-order valence-corrected chi connectivity index (χ4v) is 4.71. The quantitative estimate of drug-likeness (QED) is 0.377. The highest BCUT2D eigenvalue weighted by Crippen LogP contribution is 2.21. The first-order valence-corrected chi connectivity index (χ1v) is 13.1. The van der Waals surface area contributed by atoms with Crippen molar-refractivity contribution in [2.75, 3.05) is 51.0 Å². The van der Waals surface area contributed by atoms with Gasteiger partial charge in [-0.05, 0) is 61.5 Å². The van der Waals surface area contributed by atoms with E-state index in [1.54, 1.807) is 36.5 Å². The van der Waals surface area contributed by atoms with Crippen LogP contribution in [0.5, 0.6) is 0 Å². The first kappa shape index (κ1) is 27.0. The van der Waals surface area contributed by atoms with E-state index in [0.717, 1.165) is 38.3 Å². The summed E-state index contributed by atoms with van der Waals surface area (Å²) < 4.78 is 6.04. The van der Waals surface area contributed by atoms with Gasteiger partial charge >= 0.3 is 6.09 Å². The van der Waals surface area contributed by atoms with E-state index >= 15 is 0 Å². The molecule has 2 aromatic heterocycles. The Morgan fingerprint density at radius 1 is 0.900 bits per heavy atom. The highest BCUT2D eigenvalue weighted by molar-refractivity contribution is 6.08. The van der Waals surface area contributed by atoms with Crippen molar-refractivity contribution < 1.29 is 19.1 Å². The van der Waals surface area contributed by atoms with Crippen molar-refractivity contribution >= 4 is 40.3 Å². The Bertz CT molecular complexity index is 1550. The van der Waals surface area contributed by atoms with Crippen molar-refractivity contribution in [1.29, 1.82) is 0 Å². The van der Waals surface area contributed by atoms with E-state index in [9.17, 15) is 14.4 Å². The number of methoxy groups -OCH3 is 1. The maximum absolute atomic E-state index is 13.1. The van der Waals surface area contributed by atoms with Crippen LogP contribution in [0.15, 0.2) is 67.0 Å². The third-order valence-corrected chi connectivity index (χ3v) is 7.11. The van der Waals surface area contributed by atoms with Crippen LogP contribution in [0.1, 0.15) is 31.8 Å². The number of piperazine rings is 1. The summed E-state index contributed by atoms with van der Waals surface area (Å²) >= 11 is 0. The minimum atomic E-state index is -0.546. The number of ether oxygens (including phenoxy) is 1. The number of fused-ring (bicyclic) bond motifs is 1. The Kier molecular flexibility index (Phi) is 7.90. The molecule has 1 saturated heterocycles. The van der Waals surface area contributed by atoms with Crippen molar-refractivity contribution in [3.8, 4) is 0 Å². The van der Waals surface area contributed by atoms with Gasteiger partial charge in [0.15, 0.2) is 0 Å². The lowest BCUT2D eigenvalue weighted by atomic mass is 10.1. The molecule has 0 atom stereocenters. The maximum Gasteiger partial charge on any atom is 0.419 e. The normalized spacial score (nSPS) is 14.2. The molecule has 0 unspecified atom stereocenters. The molecule has 10 heteroatoms. The third kappa shape index (κ3) is 6.03. The second kappa shape index (κ2) is 11.7. The molecular weight excluding hydrogens is 508 g/mol. The number of aryl methyl sites for hydroxylation is 1. The number of pyridine rings is 1. The van der Waals surface area contributed by atoms with Gasteiger partial charge < -0.3 is 20.3 Å².